The van der Waals surface area contributed by atoms with Gasteiger partial charge in [-0.1, -0.05) is 24.3 Å². The quantitative estimate of drug-likeness (QED) is 0.281. The Morgan fingerprint density at radius 3 is 2.38 bits per heavy atom. The van der Waals surface area contributed by atoms with Gasteiger partial charge >= 0.3 is 6.18 Å². The van der Waals surface area contributed by atoms with Crippen LogP contribution in [0.5, 0.6) is 5.75 Å². The highest BCUT2D eigenvalue weighted by atomic mass is 32.2. The molecule has 2 aromatic carbocycles. The lowest BCUT2D eigenvalue weighted by Gasteiger charge is -2.26. The summed E-state index contributed by atoms with van der Waals surface area (Å²) in [7, 11) is -4.39. The number of aromatic nitrogens is 1. The highest BCUT2D eigenvalue weighted by Gasteiger charge is 2.35. The summed E-state index contributed by atoms with van der Waals surface area (Å²) in [4.78, 5) is 14.8. The Hall–Kier alpha value is -2.99. The van der Waals surface area contributed by atoms with Crippen molar-refractivity contribution in [2.24, 2.45) is 0 Å². The summed E-state index contributed by atoms with van der Waals surface area (Å²) in [5, 5.41) is 1.50. The van der Waals surface area contributed by atoms with Crippen LogP contribution in [0.3, 0.4) is 0 Å². The number of nitrogens with zero attached hydrogens (tertiary/aromatic N) is 2. The number of aldehydes is 1. The molecular formula is C22H20F4N2O4S2. The Morgan fingerprint density at radius 1 is 1.18 bits per heavy atom. The third-order valence-corrected chi connectivity index (χ3v) is 7.72. The summed E-state index contributed by atoms with van der Waals surface area (Å²) >= 11 is 0.821. The fourth-order valence-electron chi connectivity index (χ4n) is 2.97. The molecule has 3 aromatic rings. The maximum Gasteiger partial charge on any atom is 0.416 e. The minimum atomic E-state index is -4.72. The molecular weight excluding hydrogens is 496 g/mol. The van der Waals surface area contributed by atoms with Crippen molar-refractivity contribution in [2.75, 3.05) is 10.8 Å². The smallest absolute Gasteiger partial charge is 0.416 e. The molecule has 1 aromatic heterocycles. The van der Waals surface area contributed by atoms with Gasteiger partial charge in [0.25, 0.3) is 10.0 Å². The molecule has 3 rings (SSSR count). The fourth-order valence-corrected chi connectivity index (χ4v) is 5.65. The number of hydrogen-bond acceptors (Lipinski definition) is 6. The van der Waals surface area contributed by atoms with Crippen LogP contribution in [0.4, 0.5) is 23.2 Å². The molecule has 1 atom stereocenters. The van der Waals surface area contributed by atoms with Crippen LogP contribution in [0.2, 0.25) is 0 Å². The molecule has 0 aliphatic carbocycles. The first-order valence-electron chi connectivity index (χ1n) is 9.89. The van der Waals surface area contributed by atoms with Gasteiger partial charge in [-0.2, -0.15) is 21.6 Å². The van der Waals surface area contributed by atoms with Gasteiger partial charge in [0.15, 0.2) is 0 Å². The molecule has 0 saturated carbocycles. The number of hydrogen-bond donors (Lipinski definition) is 0. The molecule has 0 aliphatic heterocycles. The van der Waals surface area contributed by atoms with Crippen LogP contribution in [0.15, 0.2) is 52.2 Å². The van der Waals surface area contributed by atoms with E-state index in [1.807, 2.05) is 0 Å². The van der Waals surface area contributed by atoms with Gasteiger partial charge in [0, 0.05) is 16.6 Å². The predicted octanol–water partition coefficient (Wildman–Crippen LogP) is 5.42. The highest BCUT2D eigenvalue weighted by molar-refractivity contribution is 7.94. The van der Waals surface area contributed by atoms with Gasteiger partial charge in [-0.25, -0.2) is 9.37 Å². The van der Waals surface area contributed by atoms with E-state index in [0.29, 0.717) is 39.5 Å². The molecule has 0 bridgehead atoms. The zero-order valence-corrected chi connectivity index (χ0v) is 19.7. The molecule has 0 fully saturated rings. The van der Waals surface area contributed by atoms with E-state index in [-0.39, 0.29) is 16.6 Å². The van der Waals surface area contributed by atoms with E-state index in [4.69, 9.17) is 4.74 Å². The second-order valence-electron chi connectivity index (χ2n) is 7.40. The van der Waals surface area contributed by atoms with E-state index in [9.17, 15) is 30.8 Å². The number of sulfonamides is 1. The van der Waals surface area contributed by atoms with E-state index in [1.165, 1.54) is 17.5 Å². The van der Waals surface area contributed by atoms with E-state index in [2.05, 4.69) is 4.98 Å². The van der Waals surface area contributed by atoms with Gasteiger partial charge in [-0.05, 0) is 37.6 Å². The number of carbonyl (C=O) groups excluding carboxylic acids is 1. The van der Waals surface area contributed by atoms with Gasteiger partial charge in [0.1, 0.15) is 24.8 Å². The minimum Gasteiger partial charge on any atom is -0.487 e. The van der Waals surface area contributed by atoms with Crippen LogP contribution in [0, 0.1) is 6.92 Å². The van der Waals surface area contributed by atoms with E-state index < -0.39 is 40.2 Å². The van der Waals surface area contributed by atoms with Crippen molar-refractivity contribution in [1.82, 2.24) is 4.98 Å². The molecule has 182 valence electrons. The first-order valence-corrected chi connectivity index (χ1v) is 12.2. The summed E-state index contributed by atoms with van der Waals surface area (Å²) in [5.74, 6) is -0.396. The average molecular weight is 517 g/mol. The second kappa shape index (κ2) is 10.1. The van der Waals surface area contributed by atoms with Crippen molar-refractivity contribution >= 4 is 33.3 Å². The van der Waals surface area contributed by atoms with Gasteiger partial charge < -0.3 is 4.74 Å². The molecule has 1 heterocycles. The maximum atomic E-state index is 14.0. The topological polar surface area (TPSA) is 76.6 Å². The Labute approximate surface area is 197 Å². The first kappa shape index (κ1) is 25.6. The summed E-state index contributed by atoms with van der Waals surface area (Å²) < 4.78 is 86.6. The molecule has 0 radical (unpaired) electrons. The van der Waals surface area contributed by atoms with E-state index >= 15 is 0 Å². The van der Waals surface area contributed by atoms with Gasteiger partial charge in [0.2, 0.25) is 4.34 Å². The van der Waals surface area contributed by atoms with Crippen LogP contribution in [0.1, 0.15) is 34.1 Å². The lowest BCUT2D eigenvalue weighted by Crippen LogP contribution is -2.36. The average Bonchev–Trinajstić information content (AvgIpc) is 3.22. The number of thiazole rings is 1. The Balaban J connectivity index is 2.07. The minimum absolute atomic E-state index is 0.219. The Morgan fingerprint density at radius 2 is 1.85 bits per heavy atom. The number of carbonyl (C=O) groups is 1. The molecule has 1 unspecified atom stereocenters. The zero-order chi connectivity index (χ0) is 25.1. The number of anilines is 1. The third-order valence-electron chi connectivity index (χ3n) is 4.59. The van der Waals surface area contributed by atoms with Crippen molar-refractivity contribution < 1.29 is 35.5 Å². The van der Waals surface area contributed by atoms with Crippen LogP contribution >= 0.6 is 11.3 Å². The molecule has 12 heteroatoms. The second-order valence-corrected chi connectivity index (χ2v) is 10.3. The molecule has 0 saturated heterocycles. The normalized spacial score (nSPS) is 12.9. The summed E-state index contributed by atoms with van der Waals surface area (Å²) in [6.07, 6.45) is -5.72. The van der Waals surface area contributed by atoms with Crippen molar-refractivity contribution in [3.8, 4) is 5.75 Å². The monoisotopic (exact) mass is 516 g/mol. The highest BCUT2D eigenvalue weighted by Crippen LogP contribution is 2.39. The van der Waals surface area contributed by atoms with E-state index in [1.54, 1.807) is 19.1 Å². The number of alkyl halides is 4. The van der Waals surface area contributed by atoms with Gasteiger partial charge in [0.05, 0.1) is 17.8 Å². The maximum absolute atomic E-state index is 14.0. The van der Waals surface area contributed by atoms with Crippen LogP contribution in [0.25, 0.3) is 0 Å². The van der Waals surface area contributed by atoms with Crippen LogP contribution in [-0.2, 0) is 22.8 Å². The fraction of sp³-hybridized carbons (Fsp3) is 0.273. The van der Waals surface area contributed by atoms with Gasteiger partial charge in [-0.15, -0.1) is 11.3 Å². The first-order chi connectivity index (χ1) is 15.9. The largest absolute Gasteiger partial charge is 0.487 e. The molecule has 0 aliphatic rings. The molecule has 0 amide bonds. The van der Waals surface area contributed by atoms with Crippen molar-refractivity contribution in [1.29, 1.82) is 0 Å². The molecule has 0 spiro atoms. The van der Waals surface area contributed by atoms with Crippen molar-refractivity contribution in [2.45, 2.75) is 37.1 Å². The SMILES string of the molecule is Cc1csc(S(=O)(=O)N(CC(C)F)c2ccc(C(F)(F)F)cc2OCc2ccc(C=O)cc2)n1. The van der Waals surface area contributed by atoms with Crippen molar-refractivity contribution in [3.63, 3.8) is 0 Å². The third kappa shape index (κ3) is 5.92. The zero-order valence-electron chi connectivity index (χ0n) is 18.0. The van der Waals surface area contributed by atoms with Crippen molar-refractivity contribution in [3.05, 3.63) is 70.2 Å². The number of halogens is 4. The summed E-state index contributed by atoms with van der Waals surface area (Å²) in [6.45, 7) is 1.84. The lowest BCUT2D eigenvalue weighted by atomic mass is 10.1. The number of rotatable bonds is 9. The Kier molecular flexibility index (Phi) is 7.61. The molecule has 0 N–H and O–H groups in total. The Bertz CT molecular complexity index is 1260. The standard InChI is InChI=1S/C22H20F4N2O4S2/c1-14(23)10-28(34(30,31)21-27-15(2)13-33-21)19-8-7-18(22(24,25)26)9-20(19)32-12-17-5-3-16(11-29)4-6-17/h3-9,11,13-14H,10,12H2,1-2H3. The van der Waals surface area contributed by atoms with Gasteiger partial charge in [-0.3, -0.25) is 9.10 Å². The number of benzene rings is 2. The number of ether oxygens (including phenoxy) is 1. The summed E-state index contributed by atoms with van der Waals surface area (Å²) in [5.41, 5.74) is 0.0434. The summed E-state index contributed by atoms with van der Waals surface area (Å²) in [6, 6.07) is 8.43. The van der Waals surface area contributed by atoms with Crippen LogP contribution in [-0.4, -0.2) is 32.4 Å². The molecule has 34 heavy (non-hydrogen) atoms. The van der Waals surface area contributed by atoms with E-state index in [0.717, 1.165) is 24.3 Å². The van der Waals surface area contributed by atoms with Crippen LogP contribution < -0.4 is 9.04 Å². The number of aryl methyl sites for hydroxylation is 1. The molecule has 6 nitrogen and oxygen atoms in total. The lowest BCUT2D eigenvalue weighted by molar-refractivity contribution is -0.137. The predicted molar refractivity (Wildman–Crippen MR) is 120 cm³/mol.